The fourth-order valence-electron chi connectivity index (χ4n) is 4.10. The molecule has 4 rings (SSSR count). The number of aryl methyl sites for hydroxylation is 1. The van der Waals surface area contributed by atoms with Crippen molar-refractivity contribution in [3.63, 3.8) is 0 Å². The molecule has 5 nitrogen and oxygen atoms in total. The summed E-state index contributed by atoms with van der Waals surface area (Å²) in [5.41, 5.74) is 0.658. The van der Waals surface area contributed by atoms with Gasteiger partial charge in [0.15, 0.2) is 4.75 Å². The SMILES string of the molecule is Cc1cc(C2=NSC(c3cc(F)cc(Cl)c3)(C(F)(F)F)C2)ccc1C(=O)N1CC(NC(=O)C(F)(F)F)C1. The van der Waals surface area contributed by atoms with Crippen LogP contribution in [0, 0.1) is 12.7 Å². The highest BCUT2D eigenvalue weighted by molar-refractivity contribution is 7.99. The van der Waals surface area contributed by atoms with Crippen LogP contribution < -0.4 is 5.32 Å². The first kappa shape index (κ1) is 27.2. The van der Waals surface area contributed by atoms with Gasteiger partial charge < -0.3 is 10.2 Å². The molecule has 1 atom stereocenters. The molecular weight excluding hydrogens is 551 g/mol. The van der Waals surface area contributed by atoms with Gasteiger partial charge in [0.1, 0.15) is 5.82 Å². The van der Waals surface area contributed by atoms with Gasteiger partial charge in [-0.3, -0.25) is 9.59 Å². The lowest BCUT2D eigenvalue weighted by Gasteiger charge is -2.39. The molecular formula is C23H17ClF7N3O2S. The lowest BCUT2D eigenvalue weighted by molar-refractivity contribution is -0.175. The Hall–Kier alpha value is -2.80. The summed E-state index contributed by atoms with van der Waals surface area (Å²) in [6, 6.07) is 6.19. The van der Waals surface area contributed by atoms with E-state index in [2.05, 4.69) is 4.40 Å². The molecule has 37 heavy (non-hydrogen) atoms. The highest BCUT2D eigenvalue weighted by atomic mass is 35.5. The number of halogens is 8. The molecule has 0 saturated carbocycles. The summed E-state index contributed by atoms with van der Waals surface area (Å²) in [6.07, 6.45) is -10.4. The van der Waals surface area contributed by atoms with Crippen molar-refractivity contribution in [2.75, 3.05) is 13.1 Å². The zero-order valence-electron chi connectivity index (χ0n) is 18.8. The number of amides is 2. The molecule has 1 unspecified atom stereocenters. The molecule has 0 radical (unpaired) electrons. The van der Waals surface area contributed by atoms with Gasteiger partial charge in [0.05, 0.1) is 11.8 Å². The van der Waals surface area contributed by atoms with Gasteiger partial charge in [-0.05, 0) is 65.9 Å². The molecule has 2 aliphatic rings. The van der Waals surface area contributed by atoms with E-state index in [1.165, 1.54) is 23.1 Å². The molecule has 0 aliphatic carbocycles. The Morgan fingerprint density at radius 2 is 1.78 bits per heavy atom. The minimum absolute atomic E-state index is 0.0867. The van der Waals surface area contributed by atoms with E-state index in [4.69, 9.17) is 11.6 Å². The fraction of sp³-hybridized carbons (Fsp3) is 0.348. The summed E-state index contributed by atoms with van der Waals surface area (Å²) >= 11 is 6.06. The predicted octanol–water partition coefficient (Wildman–Crippen LogP) is 5.59. The second-order valence-corrected chi connectivity index (χ2v) is 10.2. The summed E-state index contributed by atoms with van der Waals surface area (Å²) in [5.74, 6) is -3.50. The van der Waals surface area contributed by atoms with Crippen molar-refractivity contribution >= 4 is 41.1 Å². The minimum Gasteiger partial charge on any atom is -0.342 e. The maximum atomic E-state index is 14.2. The number of nitrogens with zero attached hydrogens (tertiary/aromatic N) is 2. The van der Waals surface area contributed by atoms with Crippen LogP contribution in [-0.2, 0) is 9.54 Å². The number of hydrogen-bond acceptors (Lipinski definition) is 4. The van der Waals surface area contributed by atoms with E-state index in [0.29, 0.717) is 11.1 Å². The maximum absolute atomic E-state index is 14.2. The molecule has 14 heteroatoms. The standard InChI is InChI=1S/C23H17ClF7N3O2S/c1-11-4-12(2-3-17(11)19(35)34-9-16(10-34)32-20(36)22(26,27)28)18-8-21(37-33-18,23(29,30)31)13-5-14(24)7-15(25)6-13/h2-7,16H,8-10H2,1H3,(H,32,36). The van der Waals surface area contributed by atoms with Gasteiger partial charge in [0, 0.05) is 30.1 Å². The van der Waals surface area contributed by atoms with Crippen molar-refractivity contribution in [2.45, 2.75) is 36.5 Å². The summed E-state index contributed by atoms with van der Waals surface area (Å²) in [5, 5.41) is 1.61. The second kappa shape index (κ2) is 9.50. The van der Waals surface area contributed by atoms with E-state index in [1.807, 2.05) is 0 Å². The van der Waals surface area contributed by atoms with Crippen molar-refractivity contribution in [1.82, 2.24) is 10.2 Å². The van der Waals surface area contributed by atoms with Gasteiger partial charge in [0.25, 0.3) is 5.91 Å². The normalized spacial score (nSPS) is 20.5. The molecule has 2 aromatic rings. The lowest BCUT2D eigenvalue weighted by atomic mass is 9.88. The molecule has 2 heterocycles. The van der Waals surface area contributed by atoms with Gasteiger partial charge in [-0.2, -0.15) is 26.3 Å². The van der Waals surface area contributed by atoms with Crippen LogP contribution in [0.3, 0.4) is 0 Å². The van der Waals surface area contributed by atoms with E-state index < -0.39 is 47.2 Å². The van der Waals surface area contributed by atoms with Crippen LogP contribution >= 0.6 is 23.5 Å². The largest absolute Gasteiger partial charge is 0.471 e. The molecule has 0 aromatic heterocycles. The van der Waals surface area contributed by atoms with Crippen LogP contribution in [-0.4, -0.2) is 53.9 Å². The molecule has 0 bridgehead atoms. The summed E-state index contributed by atoms with van der Waals surface area (Å²) < 4.78 is 95.1. The van der Waals surface area contributed by atoms with E-state index in [9.17, 15) is 40.3 Å². The average Bonchev–Trinajstić information content (AvgIpc) is 3.21. The molecule has 1 fully saturated rings. The van der Waals surface area contributed by atoms with Crippen LogP contribution in [0.4, 0.5) is 30.7 Å². The molecule has 0 spiro atoms. The van der Waals surface area contributed by atoms with Crippen molar-refractivity contribution in [3.8, 4) is 0 Å². The van der Waals surface area contributed by atoms with E-state index in [0.717, 1.165) is 18.2 Å². The number of alkyl halides is 6. The third kappa shape index (κ3) is 5.28. The minimum atomic E-state index is -5.03. The Morgan fingerprint density at radius 3 is 2.35 bits per heavy atom. The second-order valence-electron chi connectivity index (χ2n) is 8.70. The van der Waals surface area contributed by atoms with Crippen LogP contribution in [0.1, 0.15) is 33.5 Å². The first-order valence-electron chi connectivity index (χ1n) is 10.7. The van der Waals surface area contributed by atoms with E-state index in [-0.39, 0.29) is 46.9 Å². The summed E-state index contributed by atoms with van der Waals surface area (Å²) in [7, 11) is 0. The van der Waals surface area contributed by atoms with E-state index >= 15 is 0 Å². The number of nitrogens with one attached hydrogen (secondary N) is 1. The molecule has 2 aliphatic heterocycles. The third-order valence-electron chi connectivity index (χ3n) is 6.07. The van der Waals surface area contributed by atoms with Gasteiger partial charge in [-0.15, -0.1) is 0 Å². The van der Waals surface area contributed by atoms with Gasteiger partial charge in [-0.25, -0.2) is 8.79 Å². The number of rotatable bonds is 4. The Labute approximate surface area is 215 Å². The Balaban J connectivity index is 1.49. The number of carbonyl (C=O) groups is 2. The van der Waals surface area contributed by atoms with Crippen molar-refractivity contribution in [1.29, 1.82) is 0 Å². The smallest absolute Gasteiger partial charge is 0.342 e. The van der Waals surface area contributed by atoms with Gasteiger partial charge >= 0.3 is 18.3 Å². The van der Waals surface area contributed by atoms with Crippen molar-refractivity contribution in [2.24, 2.45) is 4.40 Å². The monoisotopic (exact) mass is 567 g/mol. The number of likely N-dealkylation sites (tertiary alicyclic amines) is 1. The molecule has 2 aromatic carbocycles. The molecule has 2 amide bonds. The van der Waals surface area contributed by atoms with Crippen LogP contribution in [0.15, 0.2) is 40.8 Å². The number of carbonyl (C=O) groups excluding carboxylic acids is 2. The first-order chi connectivity index (χ1) is 17.1. The topological polar surface area (TPSA) is 61.8 Å². The quantitative estimate of drug-likeness (QED) is 0.387. The Kier molecular flexibility index (Phi) is 6.99. The molecule has 1 N–H and O–H groups in total. The Morgan fingerprint density at radius 1 is 1.11 bits per heavy atom. The van der Waals surface area contributed by atoms with Crippen molar-refractivity contribution < 1.29 is 40.3 Å². The maximum Gasteiger partial charge on any atom is 0.471 e. The van der Waals surface area contributed by atoms with Crippen LogP contribution in [0.25, 0.3) is 0 Å². The van der Waals surface area contributed by atoms with Gasteiger partial charge in [-0.1, -0.05) is 17.7 Å². The number of benzene rings is 2. The lowest BCUT2D eigenvalue weighted by Crippen LogP contribution is -2.62. The van der Waals surface area contributed by atoms with Gasteiger partial charge in [0.2, 0.25) is 0 Å². The van der Waals surface area contributed by atoms with E-state index in [1.54, 1.807) is 12.2 Å². The Bertz CT molecular complexity index is 1270. The zero-order valence-corrected chi connectivity index (χ0v) is 20.4. The third-order valence-corrected chi connectivity index (χ3v) is 7.52. The molecule has 198 valence electrons. The molecule has 1 saturated heterocycles. The summed E-state index contributed by atoms with van der Waals surface area (Å²) in [4.78, 5) is 25.0. The first-order valence-corrected chi connectivity index (χ1v) is 11.8. The van der Waals surface area contributed by atoms with Crippen LogP contribution in [0.2, 0.25) is 5.02 Å². The van der Waals surface area contributed by atoms with Crippen LogP contribution in [0.5, 0.6) is 0 Å². The zero-order chi connectivity index (χ0) is 27.3. The fourth-order valence-corrected chi connectivity index (χ4v) is 5.29. The number of hydrogen-bond donors (Lipinski definition) is 1. The van der Waals surface area contributed by atoms with Crippen molar-refractivity contribution in [3.05, 3.63) is 69.5 Å². The highest BCUT2D eigenvalue weighted by Crippen LogP contribution is 2.57. The average molecular weight is 568 g/mol. The predicted molar refractivity (Wildman–Crippen MR) is 123 cm³/mol. The highest BCUT2D eigenvalue weighted by Gasteiger charge is 2.60. The summed E-state index contributed by atoms with van der Waals surface area (Å²) in [6.45, 7) is 1.33.